The van der Waals surface area contributed by atoms with Gasteiger partial charge in [0.1, 0.15) is 5.52 Å². The molecule has 0 spiro atoms. The Balaban J connectivity index is 0.000000190. The molecule has 0 atom stereocenters. The summed E-state index contributed by atoms with van der Waals surface area (Å²) in [5.74, 6) is 0.496. The number of methoxy groups -OCH3 is 1. The minimum absolute atomic E-state index is 0. The third kappa shape index (κ3) is 8.01. The number of nitrogens with zero attached hydrogens (tertiary/aromatic N) is 7. The van der Waals surface area contributed by atoms with E-state index in [-0.39, 0.29) is 44.2 Å². The maximum Gasteiger partial charge on any atom is 0.328 e. The van der Waals surface area contributed by atoms with E-state index < -0.39 is 0 Å². The lowest BCUT2D eigenvalue weighted by atomic mass is 10.1. The Bertz CT molecular complexity index is 2250. The topological polar surface area (TPSA) is 187 Å². The van der Waals surface area contributed by atoms with Crippen LogP contribution in [-0.2, 0) is 25.9 Å². The van der Waals surface area contributed by atoms with E-state index in [0.29, 0.717) is 54.6 Å². The summed E-state index contributed by atoms with van der Waals surface area (Å²) in [4.78, 5) is 36.6. The van der Waals surface area contributed by atoms with Gasteiger partial charge in [-0.1, -0.05) is 87.7 Å². The highest BCUT2D eigenvalue weighted by Gasteiger charge is 2.19. The standard InChI is InChI=1S/C18H19N5O2.C17H17N5O2.2CH4/c1-24-18-20-14-15(19)21-17-22-16(14)23(18)11-13-8-5-7-12(10-13)6-3-2-4-9-25-17;18-14-13-15-21-16(20-14)24-8-3-1-2-5-11-6-4-7-12(9-11)10-22(15)17(23)19-13;;/h2-3,5,7-8,10H,4,6,9,11H2,1H3,(H2,19,21,22);1-2,4,6-7,9H,3,5,8,10H2,(H,19,23)(H2,18,20,21);2*1H4/b3-2-;2-1-;;. The Labute approximate surface area is 295 Å². The van der Waals surface area contributed by atoms with E-state index in [2.05, 4.69) is 90.6 Å². The van der Waals surface area contributed by atoms with Crippen LogP contribution in [0.2, 0.25) is 0 Å². The van der Waals surface area contributed by atoms with E-state index >= 15 is 0 Å². The molecule has 2 aliphatic heterocycles. The average Bonchev–Trinajstić information content (AvgIpc) is 3.61. The van der Waals surface area contributed by atoms with Crippen LogP contribution in [0.15, 0.2) is 77.6 Å². The Morgan fingerprint density at radius 1 is 0.706 bits per heavy atom. The van der Waals surface area contributed by atoms with E-state index in [1.165, 1.54) is 11.1 Å². The second kappa shape index (κ2) is 16.0. The predicted octanol–water partition coefficient (Wildman–Crippen LogP) is 5.25. The Morgan fingerprint density at radius 2 is 1.25 bits per heavy atom. The smallest absolute Gasteiger partial charge is 0.328 e. The molecule has 4 aromatic heterocycles. The van der Waals surface area contributed by atoms with Crippen molar-refractivity contribution in [3.8, 4) is 18.0 Å². The maximum absolute atomic E-state index is 12.3. The van der Waals surface area contributed by atoms with E-state index in [1.807, 2.05) is 16.7 Å². The minimum atomic E-state index is -0.263. The molecule has 51 heavy (non-hydrogen) atoms. The van der Waals surface area contributed by atoms with Gasteiger partial charge < -0.3 is 30.7 Å². The molecule has 8 bridgehead atoms. The number of hydrogen-bond donors (Lipinski definition) is 3. The van der Waals surface area contributed by atoms with Crippen LogP contribution in [0.5, 0.6) is 18.0 Å². The monoisotopic (exact) mass is 692 g/mol. The Morgan fingerprint density at radius 3 is 1.86 bits per heavy atom. The van der Waals surface area contributed by atoms with Gasteiger partial charge in [-0.05, 0) is 47.9 Å². The third-order valence-electron chi connectivity index (χ3n) is 8.11. The number of H-pyrrole nitrogens is 1. The summed E-state index contributed by atoms with van der Waals surface area (Å²) in [6.07, 6.45) is 11.7. The summed E-state index contributed by atoms with van der Waals surface area (Å²) in [6.45, 7) is 1.93. The lowest BCUT2D eigenvalue weighted by Gasteiger charge is -2.10. The average molecular weight is 693 g/mol. The second-order valence-electron chi connectivity index (χ2n) is 11.6. The zero-order valence-corrected chi connectivity index (χ0v) is 27.0. The first-order valence-electron chi connectivity index (χ1n) is 16.0. The van der Waals surface area contributed by atoms with Crippen LogP contribution in [0.1, 0.15) is 49.9 Å². The van der Waals surface area contributed by atoms with Gasteiger partial charge in [-0.25, -0.2) is 4.79 Å². The van der Waals surface area contributed by atoms with Crippen molar-refractivity contribution in [2.45, 2.75) is 53.6 Å². The number of nitrogens with one attached hydrogen (secondary N) is 1. The van der Waals surface area contributed by atoms with E-state index in [9.17, 15) is 4.79 Å². The van der Waals surface area contributed by atoms with Crippen LogP contribution < -0.4 is 31.4 Å². The number of nitrogens with two attached hydrogens (primary N) is 2. The number of anilines is 2. The number of benzene rings is 2. The summed E-state index contributed by atoms with van der Waals surface area (Å²) in [5, 5.41) is 0. The highest BCUT2D eigenvalue weighted by atomic mass is 16.5. The number of aromatic nitrogens is 8. The molecule has 14 heteroatoms. The zero-order valence-electron chi connectivity index (χ0n) is 27.0. The van der Waals surface area contributed by atoms with Gasteiger partial charge in [0.25, 0.3) is 6.01 Å². The van der Waals surface area contributed by atoms with Crippen molar-refractivity contribution in [1.82, 2.24) is 39.0 Å². The van der Waals surface area contributed by atoms with Crippen molar-refractivity contribution >= 4 is 34.0 Å². The molecule has 0 saturated carbocycles. The number of aromatic amines is 1. The van der Waals surface area contributed by atoms with Crippen molar-refractivity contribution in [3.63, 3.8) is 0 Å². The number of allylic oxidation sites excluding steroid dienone is 2. The van der Waals surface area contributed by atoms with E-state index in [1.54, 1.807) is 11.7 Å². The largest absolute Gasteiger partial charge is 0.468 e. The van der Waals surface area contributed by atoms with Gasteiger partial charge in [-0.15, -0.1) is 0 Å². The molecule has 6 heterocycles. The van der Waals surface area contributed by atoms with Crippen LogP contribution in [0, 0.1) is 0 Å². The number of fused-ring (bicyclic) bond motifs is 6. The van der Waals surface area contributed by atoms with Crippen LogP contribution in [0.3, 0.4) is 0 Å². The fraction of sp³-hybridized carbons (Fsp3) is 0.297. The second-order valence-corrected chi connectivity index (χ2v) is 11.6. The molecule has 0 radical (unpaired) electrons. The van der Waals surface area contributed by atoms with Gasteiger partial charge in [-0.2, -0.15) is 24.9 Å². The van der Waals surface area contributed by atoms with Crippen molar-refractivity contribution in [2.75, 3.05) is 31.8 Å². The van der Waals surface area contributed by atoms with Gasteiger partial charge in [0.15, 0.2) is 28.4 Å². The van der Waals surface area contributed by atoms with Crippen LogP contribution in [0.4, 0.5) is 11.6 Å². The lowest BCUT2D eigenvalue weighted by molar-refractivity contribution is 0.300. The third-order valence-corrected chi connectivity index (χ3v) is 8.11. The molecule has 2 aromatic carbocycles. The lowest BCUT2D eigenvalue weighted by Crippen LogP contribution is -2.18. The first-order valence-corrected chi connectivity index (χ1v) is 16.0. The molecule has 6 aromatic rings. The van der Waals surface area contributed by atoms with Crippen molar-refractivity contribution in [2.24, 2.45) is 0 Å². The molecule has 0 saturated heterocycles. The molecule has 0 aliphatic carbocycles. The van der Waals surface area contributed by atoms with Gasteiger partial charge in [0, 0.05) is 0 Å². The summed E-state index contributed by atoms with van der Waals surface area (Å²) in [5.41, 5.74) is 18.4. The molecule has 14 nitrogen and oxygen atoms in total. The van der Waals surface area contributed by atoms with Gasteiger partial charge in [-0.3, -0.25) is 9.13 Å². The molecular formula is C37H44N10O4. The van der Waals surface area contributed by atoms with Crippen LogP contribution in [-0.4, -0.2) is 59.4 Å². The quantitative estimate of drug-likeness (QED) is 0.191. The summed E-state index contributed by atoms with van der Waals surface area (Å²) < 4.78 is 20.1. The Hall–Kier alpha value is -6.18. The number of hydrogen-bond acceptors (Lipinski definition) is 11. The molecule has 0 unspecified atom stereocenters. The number of imidazole rings is 2. The van der Waals surface area contributed by atoms with Gasteiger partial charge in [0.2, 0.25) is 0 Å². The Kier molecular flexibility index (Phi) is 11.3. The van der Waals surface area contributed by atoms with E-state index in [0.717, 1.165) is 36.8 Å². The SMILES string of the molecule is C.C.COc1nc2c(N)nc3nc2n1Cc1cccc(c1)C/C=C\CCO3.Nc1nc2nc3c1[nH]c(=O)n3Cc1cccc(c1)C/C=C\CCO2. The molecular weight excluding hydrogens is 648 g/mol. The molecule has 8 rings (SSSR count). The van der Waals surface area contributed by atoms with Crippen LogP contribution >= 0.6 is 0 Å². The summed E-state index contributed by atoms with van der Waals surface area (Å²) in [6, 6.07) is 17.5. The zero-order chi connectivity index (χ0) is 33.7. The number of rotatable bonds is 1. The maximum atomic E-state index is 12.3. The van der Waals surface area contributed by atoms with E-state index in [4.69, 9.17) is 25.7 Å². The first-order chi connectivity index (χ1) is 23.9. The molecule has 2 aliphatic rings. The summed E-state index contributed by atoms with van der Waals surface area (Å²) in [7, 11) is 1.58. The molecule has 0 amide bonds. The fourth-order valence-electron chi connectivity index (χ4n) is 5.77. The van der Waals surface area contributed by atoms with Crippen molar-refractivity contribution in [1.29, 1.82) is 0 Å². The van der Waals surface area contributed by atoms with Crippen molar-refractivity contribution < 1.29 is 14.2 Å². The van der Waals surface area contributed by atoms with Gasteiger partial charge in [0.05, 0.1) is 33.4 Å². The van der Waals surface area contributed by atoms with Crippen molar-refractivity contribution in [3.05, 3.63) is 106 Å². The molecule has 266 valence electrons. The normalized spacial score (nSPS) is 15.1. The summed E-state index contributed by atoms with van der Waals surface area (Å²) >= 11 is 0. The highest BCUT2D eigenvalue weighted by Crippen LogP contribution is 2.27. The minimum Gasteiger partial charge on any atom is -0.468 e. The first kappa shape index (κ1) is 36.1. The fourth-order valence-corrected chi connectivity index (χ4v) is 5.77. The number of nitrogen functional groups attached to an aromatic ring is 2. The predicted molar refractivity (Wildman–Crippen MR) is 199 cm³/mol. The highest BCUT2D eigenvalue weighted by molar-refractivity contribution is 5.83. The van der Waals surface area contributed by atoms with Gasteiger partial charge >= 0.3 is 17.7 Å². The van der Waals surface area contributed by atoms with Crippen LogP contribution in [0.25, 0.3) is 22.3 Å². The molecule has 0 fully saturated rings. The number of ether oxygens (including phenoxy) is 3. The molecule has 5 N–H and O–H groups in total.